The van der Waals surface area contributed by atoms with E-state index >= 15 is 0 Å². The van der Waals surface area contributed by atoms with Gasteiger partial charge in [-0.05, 0) is 44.4 Å². The number of carbonyl (C=O) groups is 1. The maximum Gasteiger partial charge on any atom is 0.242 e. The Morgan fingerprint density at radius 2 is 2.37 bits per heavy atom. The lowest BCUT2D eigenvalue weighted by molar-refractivity contribution is -0.119. The van der Waals surface area contributed by atoms with Crippen LogP contribution in [0.25, 0.3) is 0 Å². The summed E-state index contributed by atoms with van der Waals surface area (Å²) in [4.78, 5) is 16.3. The van der Waals surface area contributed by atoms with Gasteiger partial charge in [-0.15, -0.1) is 0 Å². The van der Waals surface area contributed by atoms with Gasteiger partial charge in [0.2, 0.25) is 5.91 Å². The Morgan fingerprint density at radius 3 is 3.11 bits per heavy atom. The molecule has 5 heteroatoms. The molecule has 3 N–H and O–H groups in total. The highest BCUT2D eigenvalue weighted by atomic mass is 16.3. The molecule has 1 fully saturated rings. The highest BCUT2D eigenvalue weighted by molar-refractivity contribution is 5.95. The van der Waals surface area contributed by atoms with E-state index in [-0.39, 0.29) is 23.5 Å². The number of anilines is 1. The summed E-state index contributed by atoms with van der Waals surface area (Å²) >= 11 is 0. The zero-order valence-electron chi connectivity index (χ0n) is 11.4. The molecule has 2 atom stereocenters. The molecule has 0 radical (unpaired) electrons. The monoisotopic (exact) mass is 263 g/mol. The number of aromatic nitrogens is 1. The lowest BCUT2D eigenvalue weighted by atomic mass is 9.90. The van der Waals surface area contributed by atoms with Crippen molar-refractivity contribution < 1.29 is 9.90 Å². The van der Waals surface area contributed by atoms with E-state index in [2.05, 4.69) is 22.5 Å². The van der Waals surface area contributed by atoms with Gasteiger partial charge in [-0.3, -0.25) is 4.79 Å². The smallest absolute Gasteiger partial charge is 0.242 e. The van der Waals surface area contributed by atoms with Gasteiger partial charge in [-0.2, -0.15) is 0 Å². The second-order valence-corrected chi connectivity index (χ2v) is 5.11. The van der Waals surface area contributed by atoms with Crippen molar-refractivity contribution in [3.05, 3.63) is 17.8 Å². The van der Waals surface area contributed by atoms with Gasteiger partial charge in [-0.1, -0.05) is 13.3 Å². The molecule has 2 rings (SSSR count). The summed E-state index contributed by atoms with van der Waals surface area (Å²) in [7, 11) is 0. The van der Waals surface area contributed by atoms with Crippen molar-refractivity contribution in [2.75, 3.05) is 11.9 Å². The molecule has 1 saturated heterocycles. The number of aromatic hydroxyl groups is 1. The fraction of sp³-hybridized carbons (Fsp3) is 0.571. The number of hydrogen-bond donors (Lipinski definition) is 3. The molecule has 0 aliphatic carbocycles. The summed E-state index contributed by atoms with van der Waals surface area (Å²) in [5.74, 6) is 0.717. The second-order valence-electron chi connectivity index (χ2n) is 5.11. The van der Waals surface area contributed by atoms with E-state index in [0.717, 1.165) is 31.5 Å². The van der Waals surface area contributed by atoms with E-state index < -0.39 is 0 Å². The third-order valence-corrected chi connectivity index (χ3v) is 3.66. The standard InChI is InChI=1S/C14H21N3O2/c1-3-10-6-7-15-11(8-10)14(19)17-13-12(18)5-4-9(2)16-13/h4-5,10-11,15,18H,3,6-8H2,1-2H3,(H,16,17,19). The van der Waals surface area contributed by atoms with Crippen LogP contribution in [-0.2, 0) is 4.79 Å². The summed E-state index contributed by atoms with van der Waals surface area (Å²) in [6.07, 6.45) is 3.06. The number of nitrogens with zero attached hydrogens (tertiary/aromatic N) is 1. The molecule has 5 nitrogen and oxygen atoms in total. The molecular formula is C14H21N3O2. The zero-order valence-corrected chi connectivity index (χ0v) is 11.4. The van der Waals surface area contributed by atoms with Gasteiger partial charge in [0.05, 0.1) is 6.04 Å². The van der Waals surface area contributed by atoms with Crippen LogP contribution in [0.5, 0.6) is 5.75 Å². The fourth-order valence-electron chi connectivity index (χ4n) is 2.41. The average Bonchev–Trinajstić information content (AvgIpc) is 2.43. The largest absolute Gasteiger partial charge is 0.504 e. The number of hydrogen-bond acceptors (Lipinski definition) is 4. The molecule has 2 heterocycles. The average molecular weight is 263 g/mol. The lowest BCUT2D eigenvalue weighted by Crippen LogP contribution is -2.46. The Hall–Kier alpha value is -1.62. The van der Waals surface area contributed by atoms with Crippen molar-refractivity contribution in [3.63, 3.8) is 0 Å². The van der Waals surface area contributed by atoms with E-state index in [0.29, 0.717) is 5.92 Å². The topological polar surface area (TPSA) is 74.2 Å². The van der Waals surface area contributed by atoms with E-state index in [1.54, 1.807) is 12.1 Å². The van der Waals surface area contributed by atoms with Crippen LogP contribution in [0.3, 0.4) is 0 Å². The maximum atomic E-state index is 12.2. The number of pyridine rings is 1. The molecule has 1 aliphatic rings. The summed E-state index contributed by atoms with van der Waals surface area (Å²) in [5.41, 5.74) is 0.760. The molecule has 19 heavy (non-hydrogen) atoms. The molecule has 2 unspecified atom stereocenters. The van der Waals surface area contributed by atoms with Crippen molar-refractivity contribution in [3.8, 4) is 5.75 Å². The second kappa shape index (κ2) is 6.02. The van der Waals surface area contributed by atoms with E-state index in [4.69, 9.17) is 0 Å². The SMILES string of the molecule is CCC1CCNC(C(=O)Nc2nc(C)ccc2O)C1. The molecule has 0 saturated carbocycles. The lowest BCUT2D eigenvalue weighted by Gasteiger charge is -2.28. The summed E-state index contributed by atoms with van der Waals surface area (Å²) in [5, 5.41) is 15.6. The first kappa shape index (κ1) is 13.8. The minimum absolute atomic E-state index is 0.00167. The van der Waals surface area contributed by atoms with Crippen molar-refractivity contribution in [2.24, 2.45) is 5.92 Å². The van der Waals surface area contributed by atoms with Crippen molar-refractivity contribution >= 4 is 11.7 Å². The van der Waals surface area contributed by atoms with Crippen molar-refractivity contribution in [1.29, 1.82) is 0 Å². The number of carbonyl (C=O) groups excluding carboxylic acids is 1. The molecular weight excluding hydrogens is 242 g/mol. The van der Waals surface area contributed by atoms with Gasteiger partial charge in [0, 0.05) is 5.69 Å². The molecule has 0 bridgehead atoms. The Kier molecular flexibility index (Phi) is 4.37. The van der Waals surface area contributed by atoms with Crippen molar-refractivity contribution in [1.82, 2.24) is 10.3 Å². The fourth-order valence-corrected chi connectivity index (χ4v) is 2.41. The Morgan fingerprint density at radius 1 is 1.58 bits per heavy atom. The molecule has 0 spiro atoms. The van der Waals surface area contributed by atoms with Gasteiger partial charge in [0.25, 0.3) is 0 Å². The molecule has 0 aromatic carbocycles. The normalized spacial score (nSPS) is 23.1. The first-order chi connectivity index (χ1) is 9.10. The van der Waals surface area contributed by atoms with Crippen LogP contribution < -0.4 is 10.6 Å². The number of piperidine rings is 1. The Labute approximate surface area is 113 Å². The highest BCUT2D eigenvalue weighted by Gasteiger charge is 2.26. The van der Waals surface area contributed by atoms with Crippen LogP contribution in [0.2, 0.25) is 0 Å². The zero-order chi connectivity index (χ0) is 13.8. The van der Waals surface area contributed by atoms with Crippen LogP contribution in [0.15, 0.2) is 12.1 Å². The highest BCUT2D eigenvalue weighted by Crippen LogP contribution is 2.23. The van der Waals surface area contributed by atoms with E-state index in [1.165, 1.54) is 0 Å². The number of aryl methyl sites for hydroxylation is 1. The quantitative estimate of drug-likeness (QED) is 0.777. The third kappa shape index (κ3) is 3.44. The molecule has 1 aromatic heterocycles. The van der Waals surface area contributed by atoms with Gasteiger partial charge < -0.3 is 15.7 Å². The summed E-state index contributed by atoms with van der Waals surface area (Å²) in [6, 6.07) is 3.05. The van der Waals surface area contributed by atoms with E-state index in [9.17, 15) is 9.90 Å². The Bertz CT molecular complexity index is 462. The first-order valence-electron chi connectivity index (χ1n) is 6.81. The van der Waals surface area contributed by atoms with Gasteiger partial charge >= 0.3 is 0 Å². The summed E-state index contributed by atoms with van der Waals surface area (Å²) < 4.78 is 0. The molecule has 1 aromatic rings. The molecule has 104 valence electrons. The third-order valence-electron chi connectivity index (χ3n) is 3.66. The predicted octanol–water partition coefficient (Wildman–Crippen LogP) is 1.81. The number of nitrogens with one attached hydrogen (secondary N) is 2. The van der Waals surface area contributed by atoms with Crippen LogP contribution >= 0.6 is 0 Å². The summed E-state index contributed by atoms with van der Waals surface area (Å²) in [6.45, 7) is 4.84. The molecule has 1 amide bonds. The molecule has 1 aliphatic heterocycles. The minimum atomic E-state index is -0.194. The van der Waals surface area contributed by atoms with Crippen LogP contribution in [0.4, 0.5) is 5.82 Å². The van der Waals surface area contributed by atoms with Crippen LogP contribution in [0.1, 0.15) is 31.9 Å². The van der Waals surface area contributed by atoms with Gasteiger partial charge in [0.1, 0.15) is 0 Å². The number of rotatable bonds is 3. The number of amides is 1. The van der Waals surface area contributed by atoms with Crippen LogP contribution in [-0.4, -0.2) is 28.6 Å². The van der Waals surface area contributed by atoms with Crippen molar-refractivity contribution in [2.45, 2.75) is 39.2 Å². The van der Waals surface area contributed by atoms with E-state index in [1.807, 2.05) is 6.92 Å². The van der Waals surface area contributed by atoms with Gasteiger partial charge in [0.15, 0.2) is 11.6 Å². The Balaban J connectivity index is 2.02. The first-order valence-corrected chi connectivity index (χ1v) is 6.81. The predicted molar refractivity (Wildman–Crippen MR) is 74.1 cm³/mol. The van der Waals surface area contributed by atoms with Crippen LogP contribution in [0, 0.1) is 12.8 Å². The maximum absolute atomic E-state index is 12.2. The van der Waals surface area contributed by atoms with Gasteiger partial charge in [-0.25, -0.2) is 4.98 Å². The minimum Gasteiger partial charge on any atom is -0.504 e.